The minimum atomic E-state index is -2.70. The highest BCUT2D eigenvalue weighted by atomic mass is 16.5. The van der Waals surface area contributed by atoms with E-state index in [1.165, 1.54) is 32.2 Å². The highest BCUT2D eigenvalue weighted by Gasteiger charge is 2.64. The lowest BCUT2D eigenvalue weighted by Crippen LogP contribution is -2.65. The van der Waals surface area contributed by atoms with Gasteiger partial charge in [-0.15, -0.1) is 0 Å². The van der Waals surface area contributed by atoms with Crippen molar-refractivity contribution in [3.8, 4) is 22.6 Å². The van der Waals surface area contributed by atoms with E-state index in [4.69, 9.17) is 10.5 Å². The Balaban J connectivity index is 1.73. The number of primary amides is 1. The number of amides is 1. The molecule has 0 bridgehead atoms. The van der Waals surface area contributed by atoms with E-state index in [1.54, 1.807) is 24.3 Å². The first-order valence-corrected chi connectivity index (χ1v) is 12.5. The van der Waals surface area contributed by atoms with Crippen LogP contribution in [0.3, 0.4) is 0 Å². The second-order valence-corrected chi connectivity index (χ2v) is 10.5. The first-order valence-electron chi connectivity index (χ1n) is 12.5. The summed E-state index contributed by atoms with van der Waals surface area (Å²) in [6.45, 7) is 0. The monoisotopic (exact) mass is 548 g/mol. The Bertz CT molecular complexity index is 1570. The summed E-state index contributed by atoms with van der Waals surface area (Å²) in [5.74, 6) is -6.75. The number of hydrogen-bond donors (Lipinski definition) is 5. The van der Waals surface area contributed by atoms with Gasteiger partial charge >= 0.3 is 0 Å². The summed E-state index contributed by atoms with van der Waals surface area (Å²) in [6, 6.07) is 6.74. The number of fused-ring (bicyclic) bond motifs is 3. The second-order valence-electron chi connectivity index (χ2n) is 10.5. The SMILES string of the molecule is COc1ccc(-c2ccc(O)c3c2C[C@H]2C[C@H]4[C@H](N(C)C)C(=O)C(C(N)=O)=C(O)[C@]4(O)C(=O)C2=C3O)cc1C=O. The largest absolute Gasteiger partial charge is 0.508 e. The van der Waals surface area contributed by atoms with Gasteiger partial charge in [0.2, 0.25) is 5.78 Å². The van der Waals surface area contributed by atoms with Gasteiger partial charge in [0.1, 0.15) is 28.6 Å². The van der Waals surface area contributed by atoms with Gasteiger partial charge in [-0.05, 0) is 67.7 Å². The van der Waals surface area contributed by atoms with Crippen molar-refractivity contribution in [3.05, 3.63) is 63.9 Å². The second kappa shape index (κ2) is 9.32. The van der Waals surface area contributed by atoms with Crippen molar-refractivity contribution < 1.29 is 44.3 Å². The van der Waals surface area contributed by atoms with Crippen molar-refractivity contribution in [1.29, 1.82) is 0 Å². The van der Waals surface area contributed by atoms with Crippen molar-refractivity contribution in [2.45, 2.75) is 24.5 Å². The number of rotatable bonds is 5. The number of aldehydes is 1. The van der Waals surface area contributed by atoms with Gasteiger partial charge in [0.15, 0.2) is 17.7 Å². The fourth-order valence-corrected chi connectivity index (χ4v) is 6.51. The van der Waals surface area contributed by atoms with E-state index in [2.05, 4.69) is 0 Å². The van der Waals surface area contributed by atoms with Crippen LogP contribution >= 0.6 is 0 Å². The fourth-order valence-electron chi connectivity index (χ4n) is 6.51. The smallest absolute Gasteiger partial charge is 0.255 e. The van der Waals surface area contributed by atoms with Crippen molar-refractivity contribution >= 4 is 29.5 Å². The van der Waals surface area contributed by atoms with Crippen molar-refractivity contribution in [3.63, 3.8) is 0 Å². The standard InChI is InChI=1S/C29H28N2O9/c1-31(2)23-17-10-13-9-16-15(12-4-7-19(40-3)14(8-12)11-32)5-6-18(33)21(16)24(34)20(13)26(36)29(17,39)27(37)22(25(23)35)28(30)38/h4-8,11,13,17,23,33-34,37,39H,9-10H2,1-3H3,(H2,30,38)/t13-,17-,23-,29+/m0/s1. The molecule has 0 aliphatic heterocycles. The Hall–Kier alpha value is -4.48. The van der Waals surface area contributed by atoms with Gasteiger partial charge in [-0.1, -0.05) is 12.1 Å². The van der Waals surface area contributed by atoms with Gasteiger partial charge in [0.05, 0.1) is 24.3 Å². The van der Waals surface area contributed by atoms with Gasteiger partial charge < -0.3 is 30.9 Å². The average Bonchev–Trinajstić information content (AvgIpc) is 2.90. The Morgan fingerprint density at radius 3 is 2.45 bits per heavy atom. The van der Waals surface area contributed by atoms with E-state index < -0.39 is 58.0 Å². The maximum absolute atomic E-state index is 13.9. The molecule has 11 nitrogen and oxygen atoms in total. The number of aliphatic hydroxyl groups is 3. The number of benzene rings is 2. The zero-order chi connectivity index (χ0) is 29.3. The molecule has 5 rings (SSSR count). The fraction of sp³-hybridized carbons (Fsp3) is 0.310. The van der Waals surface area contributed by atoms with Gasteiger partial charge in [-0.3, -0.25) is 24.1 Å². The maximum atomic E-state index is 13.9. The number of methoxy groups -OCH3 is 1. The van der Waals surface area contributed by atoms with Gasteiger partial charge in [-0.25, -0.2) is 0 Å². The Labute approximate surface area is 228 Å². The number of nitrogens with zero attached hydrogens (tertiary/aromatic N) is 1. The number of phenolic OH excluding ortho intramolecular Hbond substituents is 1. The molecule has 0 unspecified atom stereocenters. The van der Waals surface area contributed by atoms with Crippen molar-refractivity contribution in [2.24, 2.45) is 17.6 Å². The number of carbonyl (C=O) groups is 4. The molecule has 208 valence electrons. The molecule has 0 aromatic heterocycles. The van der Waals surface area contributed by atoms with Crippen LogP contribution in [-0.2, 0) is 20.8 Å². The molecule has 0 heterocycles. The summed E-state index contributed by atoms with van der Waals surface area (Å²) in [4.78, 5) is 52.3. The number of aliphatic hydroxyl groups excluding tert-OH is 2. The molecule has 3 aliphatic rings. The quantitative estimate of drug-likeness (QED) is 0.270. The molecule has 1 fully saturated rings. The summed E-state index contributed by atoms with van der Waals surface area (Å²) in [6.07, 6.45) is 0.747. The van der Waals surface area contributed by atoms with E-state index in [9.17, 15) is 39.6 Å². The topological polar surface area (TPSA) is 188 Å². The van der Waals surface area contributed by atoms with Crippen molar-refractivity contribution in [2.75, 3.05) is 21.2 Å². The van der Waals surface area contributed by atoms with Crippen LogP contribution in [0.5, 0.6) is 11.5 Å². The van der Waals surface area contributed by atoms with Crippen LogP contribution in [0.2, 0.25) is 0 Å². The van der Waals surface area contributed by atoms with E-state index in [-0.39, 0.29) is 35.3 Å². The zero-order valence-electron chi connectivity index (χ0n) is 22.0. The van der Waals surface area contributed by atoms with E-state index in [0.717, 1.165) is 0 Å². The highest BCUT2D eigenvalue weighted by molar-refractivity contribution is 6.24. The summed E-state index contributed by atoms with van der Waals surface area (Å²) < 4.78 is 5.22. The molecule has 2 aromatic carbocycles. The Morgan fingerprint density at radius 1 is 1.15 bits per heavy atom. The van der Waals surface area contributed by atoms with Gasteiger partial charge in [0.25, 0.3) is 5.91 Å². The first-order chi connectivity index (χ1) is 18.9. The number of Topliss-reactive ketones (excluding diaryl/α,β-unsaturated/α-hetero) is 2. The molecule has 3 aliphatic carbocycles. The van der Waals surface area contributed by atoms with Crippen molar-refractivity contribution in [1.82, 2.24) is 4.90 Å². The first kappa shape index (κ1) is 27.1. The van der Waals surface area contributed by atoms with Gasteiger partial charge in [-0.2, -0.15) is 0 Å². The molecular weight excluding hydrogens is 520 g/mol. The molecule has 0 saturated heterocycles. The molecule has 1 amide bonds. The molecule has 40 heavy (non-hydrogen) atoms. The number of likely N-dealkylation sites (N-methyl/N-ethyl adjacent to an activating group) is 1. The molecule has 11 heteroatoms. The minimum absolute atomic E-state index is 0.0247. The lowest BCUT2D eigenvalue weighted by Gasteiger charge is -2.50. The predicted octanol–water partition coefficient (Wildman–Crippen LogP) is 1.45. The highest BCUT2D eigenvalue weighted by Crippen LogP contribution is 2.53. The summed E-state index contributed by atoms with van der Waals surface area (Å²) in [5, 5.41) is 44.8. The molecule has 0 spiro atoms. The minimum Gasteiger partial charge on any atom is -0.508 e. The van der Waals surface area contributed by atoms with Gasteiger partial charge in [0, 0.05) is 11.5 Å². The predicted molar refractivity (Wildman–Crippen MR) is 142 cm³/mol. The number of ether oxygens (including phenoxy) is 1. The molecule has 2 aromatic rings. The number of nitrogens with two attached hydrogens (primary N) is 1. The summed E-state index contributed by atoms with van der Waals surface area (Å²) in [5.41, 5.74) is 3.48. The molecular formula is C29H28N2O9. The number of phenols is 1. The number of carbonyl (C=O) groups excluding carboxylic acids is 4. The van der Waals surface area contributed by atoms with Crippen LogP contribution in [-0.4, -0.2) is 81.9 Å². The normalized spacial score (nSPS) is 25.9. The van der Waals surface area contributed by atoms with E-state index >= 15 is 0 Å². The third-order valence-electron chi connectivity index (χ3n) is 8.27. The van der Waals surface area contributed by atoms with Crippen LogP contribution in [0.4, 0.5) is 0 Å². The van der Waals surface area contributed by atoms with Crippen LogP contribution in [0.1, 0.15) is 27.9 Å². The van der Waals surface area contributed by atoms with Crippen LogP contribution in [0.15, 0.2) is 47.2 Å². The van der Waals surface area contributed by atoms with Crippen LogP contribution < -0.4 is 10.5 Å². The summed E-state index contributed by atoms with van der Waals surface area (Å²) >= 11 is 0. The lowest BCUT2D eigenvalue weighted by molar-refractivity contribution is -0.153. The third kappa shape index (κ3) is 3.58. The molecule has 0 radical (unpaired) electrons. The van der Waals surface area contributed by atoms with E-state index in [1.807, 2.05) is 0 Å². The van der Waals surface area contributed by atoms with Crippen LogP contribution in [0.25, 0.3) is 16.9 Å². The summed E-state index contributed by atoms with van der Waals surface area (Å²) in [7, 11) is 4.52. The third-order valence-corrected chi connectivity index (χ3v) is 8.27. The maximum Gasteiger partial charge on any atom is 0.255 e. The zero-order valence-corrected chi connectivity index (χ0v) is 22.0. The number of ketones is 2. The van der Waals surface area contributed by atoms with Crippen LogP contribution in [0, 0.1) is 11.8 Å². The lowest BCUT2D eigenvalue weighted by atomic mass is 9.57. The Morgan fingerprint density at radius 2 is 1.85 bits per heavy atom. The average molecular weight is 549 g/mol. The Kier molecular flexibility index (Phi) is 6.31. The van der Waals surface area contributed by atoms with E-state index in [0.29, 0.717) is 28.7 Å². The molecule has 4 atom stereocenters. The number of hydrogen-bond acceptors (Lipinski definition) is 10. The molecule has 1 saturated carbocycles. The molecule has 6 N–H and O–H groups in total. The number of aromatic hydroxyl groups is 1.